The molecule has 0 unspecified atom stereocenters. The van der Waals surface area contributed by atoms with Crippen LogP contribution in [-0.2, 0) is 7.05 Å². The van der Waals surface area contributed by atoms with Crippen molar-refractivity contribution in [3.63, 3.8) is 0 Å². The molecule has 0 saturated carbocycles. The van der Waals surface area contributed by atoms with Crippen molar-refractivity contribution in [1.29, 1.82) is 5.26 Å². The molecular formula is C19H14F6N2. The molecule has 0 spiro atoms. The first kappa shape index (κ1) is 19.1. The quantitative estimate of drug-likeness (QED) is 0.642. The van der Waals surface area contributed by atoms with Crippen LogP contribution in [0.4, 0.5) is 26.3 Å². The number of halogens is 6. The fourth-order valence-electron chi connectivity index (χ4n) is 3.35. The van der Waals surface area contributed by atoms with Gasteiger partial charge in [0.25, 0.3) is 0 Å². The molecule has 1 aromatic heterocycles. The first-order valence-corrected chi connectivity index (χ1v) is 7.91. The second-order valence-corrected chi connectivity index (χ2v) is 6.49. The predicted octanol–water partition coefficient (Wildman–Crippen LogP) is 5.34. The second-order valence-electron chi connectivity index (χ2n) is 6.49. The first-order chi connectivity index (χ1) is 12.4. The smallest absolute Gasteiger partial charge is 0.339 e. The fourth-order valence-corrected chi connectivity index (χ4v) is 3.35. The molecule has 0 radical (unpaired) electrons. The molecule has 0 aliphatic heterocycles. The lowest BCUT2D eigenvalue weighted by Gasteiger charge is -2.26. The molecule has 1 aliphatic rings. The summed E-state index contributed by atoms with van der Waals surface area (Å²) in [5, 5.41) is 9.09. The highest BCUT2D eigenvalue weighted by molar-refractivity contribution is 6.02. The lowest BCUT2D eigenvalue weighted by molar-refractivity contribution is -0.254. The number of benzene rings is 1. The first-order valence-electron chi connectivity index (χ1n) is 7.91. The van der Waals surface area contributed by atoms with Crippen molar-refractivity contribution in [1.82, 2.24) is 4.57 Å². The molecule has 27 heavy (non-hydrogen) atoms. The van der Waals surface area contributed by atoms with Crippen molar-refractivity contribution < 1.29 is 26.3 Å². The van der Waals surface area contributed by atoms with E-state index in [-0.39, 0.29) is 22.5 Å². The lowest BCUT2D eigenvalue weighted by Crippen LogP contribution is -2.49. The molecule has 2 nitrogen and oxygen atoms in total. The van der Waals surface area contributed by atoms with Gasteiger partial charge < -0.3 is 4.57 Å². The van der Waals surface area contributed by atoms with Gasteiger partial charge in [0.1, 0.15) is 11.8 Å². The highest BCUT2D eigenvalue weighted by Gasteiger charge is 2.80. The molecule has 0 fully saturated rings. The molecule has 0 atom stereocenters. The summed E-state index contributed by atoms with van der Waals surface area (Å²) in [6.45, 7) is 2.69. The van der Waals surface area contributed by atoms with Crippen LogP contribution in [-0.4, -0.2) is 22.3 Å². The SMILES string of the molecule is Cc1ccccc1C1=C(c2cc(C#N)n(C)c2C)C(F)(F)C(F)(F)C1(F)F. The summed E-state index contributed by atoms with van der Waals surface area (Å²) in [6, 6.07) is 7.97. The highest BCUT2D eigenvalue weighted by atomic mass is 19.3. The minimum absolute atomic E-state index is 0.0146. The Balaban J connectivity index is 2.50. The Bertz CT molecular complexity index is 1010. The zero-order valence-corrected chi connectivity index (χ0v) is 14.5. The summed E-state index contributed by atoms with van der Waals surface area (Å²) in [4.78, 5) is 0. The Morgan fingerprint density at radius 2 is 1.41 bits per heavy atom. The molecule has 0 N–H and O–H groups in total. The molecule has 142 valence electrons. The van der Waals surface area contributed by atoms with Crippen LogP contribution in [0.25, 0.3) is 11.1 Å². The average Bonchev–Trinajstić information content (AvgIpc) is 2.92. The van der Waals surface area contributed by atoms with Crippen LogP contribution in [0.5, 0.6) is 0 Å². The standard InChI is InChI=1S/C19H14F6N2/c1-10-6-4-5-7-13(10)15-16(14-8-12(9-26)27(3)11(14)2)18(22,23)19(24,25)17(15,20)21/h4-8H,1-3H3. The predicted molar refractivity (Wildman–Crippen MR) is 87.7 cm³/mol. The Morgan fingerprint density at radius 1 is 0.889 bits per heavy atom. The minimum atomic E-state index is -5.61. The second kappa shape index (κ2) is 5.65. The van der Waals surface area contributed by atoms with Crippen molar-refractivity contribution in [3.05, 3.63) is 58.4 Å². The number of alkyl halides is 6. The molecular weight excluding hydrogens is 370 g/mol. The molecule has 2 aromatic rings. The minimum Gasteiger partial charge on any atom is -0.339 e. The number of rotatable bonds is 2. The molecule has 8 heteroatoms. The number of nitrogens with zero attached hydrogens (tertiary/aromatic N) is 2. The van der Waals surface area contributed by atoms with Gasteiger partial charge in [0.2, 0.25) is 0 Å². The largest absolute Gasteiger partial charge is 0.380 e. The molecule has 1 aliphatic carbocycles. The lowest BCUT2D eigenvalue weighted by atomic mass is 9.92. The molecule has 3 rings (SSSR count). The van der Waals surface area contributed by atoms with E-state index in [2.05, 4.69) is 0 Å². The van der Waals surface area contributed by atoms with Gasteiger partial charge in [-0.05, 0) is 31.0 Å². The summed E-state index contributed by atoms with van der Waals surface area (Å²) in [6.07, 6.45) is 0. The monoisotopic (exact) mass is 384 g/mol. The third kappa shape index (κ3) is 2.27. The number of hydrogen-bond donors (Lipinski definition) is 0. The van der Waals surface area contributed by atoms with E-state index in [4.69, 9.17) is 5.26 Å². The van der Waals surface area contributed by atoms with E-state index < -0.39 is 34.5 Å². The average molecular weight is 384 g/mol. The van der Waals surface area contributed by atoms with Crippen molar-refractivity contribution in [2.75, 3.05) is 0 Å². The van der Waals surface area contributed by atoms with Gasteiger partial charge in [-0.3, -0.25) is 0 Å². The van der Waals surface area contributed by atoms with Gasteiger partial charge in [0, 0.05) is 29.5 Å². The zero-order chi connectivity index (χ0) is 20.4. The van der Waals surface area contributed by atoms with Crippen LogP contribution in [0.2, 0.25) is 0 Å². The van der Waals surface area contributed by atoms with Crippen molar-refractivity contribution in [3.8, 4) is 6.07 Å². The van der Waals surface area contributed by atoms with Crippen LogP contribution >= 0.6 is 0 Å². The van der Waals surface area contributed by atoms with Crippen molar-refractivity contribution in [2.24, 2.45) is 7.05 Å². The highest BCUT2D eigenvalue weighted by Crippen LogP contribution is 2.65. The molecule has 1 aromatic carbocycles. The maximum Gasteiger partial charge on any atom is 0.380 e. The van der Waals surface area contributed by atoms with Gasteiger partial charge in [0.15, 0.2) is 0 Å². The summed E-state index contributed by atoms with van der Waals surface area (Å²) < 4.78 is 88.3. The van der Waals surface area contributed by atoms with Crippen molar-refractivity contribution >= 4 is 11.1 Å². The van der Waals surface area contributed by atoms with Crippen LogP contribution in [0, 0.1) is 25.2 Å². The zero-order valence-electron chi connectivity index (χ0n) is 14.5. The van der Waals surface area contributed by atoms with E-state index in [0.717, 1.165) is 12.1 Å². The molecule has 0 amide bonds. The van der Waals surface area contributed by atoms with Crippen LogP contribution < -0.4 is 0 Å². The van der Waals surface area contributed by atoms with E-state index >= 15 is 0 Å². The topological polar surface area (TPSA) is 28.7 Å². The summed E-state index contributed by atoms with van der Waals surface area (Å²) >= 11 is 0. The maximum atomic E-state index is 14.7. The van der Waals surface area contributed by atoms with E-state index in [1.54, 1.807) is 6.07 Å². The summed E-state index contributed by atoms with van der Waals surface area (Å²) in [5.41, 5.74) is -3.65. The number of nitriles is 1. The number of hydrogen-bond acceptors (Lipinski definition) is 1. The Hall–Kier alpha value is -2.69. The van der Waals surface area contributed by atoms with Gasteiger partial charge in [0.05, 0.1) is 0 Å². The third-order valence-corrected chi connectivity index (χ3v) is 5.00. The van der Waals surface area contributed by atoms with Crippen molar-refractivity contribution in [2.45, 2.75) is 31.6 Å². The Morgan fingerprint density at radius 3 is 1.89 bits per heavy atom. The Labute approximate surface area is 151 Å². The van der Waals surface area contributed by atoms with E-state index in [0.29, 0.717) is 0 Å². The normalized spacial score (nSPS) is 20.0. The van der Waals surface area contributed by atoms with E-state index in [1.165, 1.54) is 43.7 Å². The van der Waals surface area contributed by atoms with Crippen LogP contribution in [0.15, 0.2) is 30.3 Å². The van der Waals surface area contributed by atoms with Gasteiger partial charge in [-0.25, -0.2) is 0 Å². The number of aryl methyl sites for hydroxylation is 1. The van der Waals surface area contributed by atoms with Gasteiger partial charge in [-0.1, -0.05) is 24.3 Å². The third-order valence-electron chi connectivity index (χ3n) is 5.00. The number of allylic oxidation sites excluding steroid dienone is 2. The molecule has 0 bridgehead atoms. The van der Waals surface area contributed by atoms with E-state index in [1.807, 2.05) is 0 Å². The fraction of sp³-hybridized carbons (Fsp3) is 0.316. The van der Waals surface area contributed by atoms with Gasteiger partial charge >= 0.3 is 17.8 Å². The van der Waals surface area contributed by atoms with Gasteiger partial charge in [-0.15, -0.1) is 0 Å². The summed E-state index contributed by atoms with van der Waals surface area (Å²) in [5.74, 6) is -15.8. The number of aromatic nitrogens is 1. The van der Waals surface area contributed by atoms with Crippen LogP contribution in [0.1, 0.15) is 28.1 Å². The molecule has 0 saturated heterocycles. The van der Waals surface area contributed by atoms with E-state index in [9.17, 15) is 26.3 Å². The summed E-state index contributed by atoms with van der Waals surface area (Å²) in [7, 11) is 1.37. The Kier molecular flexibility index (Phi) is 3.99. The molecule has 1 heterocycles. The maximum absolute atomic E-state index is 14.7. The van der Waals surface area contributed by atoms with Gasteiger partial charge in [-0.2, -0.15) is 31.6 Å². The van der Waals surface area contributed by atoms with Crippen LogP contribution in [0.3, 0.4) is 0 Å².